The molecule has 27 heavy (non-hydrogen) atoms. The van der Waals surface area contributed by atoms with Gasteiger partial charge in [0.25, 0.3) is 5.91 Å². The SMILES string of the molecule is C=Cc1cc(F)ccc1C(=O)N1CCN(C(=NC)c2nccn2C)C(=N)C1. The summed E-state index contributed by atoms with van der Waals surface area (Å²) < 4.78 is 15.2. The molecule has 1 aromatic carbocycles. The van der Waals surface area contributed by atoms with Crippen LogP contribution in [-0.2, 0) is 7.05 Å². The Labute approximate surface area is 157 Å². The number of hydrogen-bond donors (Lipinski definition) is 1. The lowest BCUT2D eigenvalue weighted by atomic mass is 10.1. The Balaban J connectivity index is 1.79. The molecule has 0 spiro atoms. The maximum absolute atomic E-state index is 13.4. The molecule has 1 aliphatic heterocycles. The molecule has 1 aliphatic rings. The Morgan fingerprint density at radius 1 is 1.41 bits per heavy atom. The Morgan fingerprint density at radius 2 is 2.19 bits per heavy atom. The van der Waals surface area contributed by atoms with Gasteiger partial charge in [0.05, 0.1) is 6.54 Å². The average Bonchev–Trinajstić information content (AvgIpc) is 3.08. The van der Waals surface area contributed by atoms with E-state index in [2.05, 4.69) is 16.6 Å². The van der Waals surface area contributed by atoms with E-state index in [1.807, 2.05) is 17.8 Å². The first-order valence-electron chi connectivity index (χ1n) is 8.47. The van der Waals surface area contributed by atoms with Crippen LogP contribution in [0.4, 0.5) is 4.39 Å². The molecule has 1 aromatic heterocycles. The molecule has 7 nitrogen and oxygen atoms in total. The molecule has 0 bridgehead atoms. The quantitative estimate of drug-likeness (QED) is 0.665. The minimum Gasteiger partial charge on any atom is -0.331 e. The molecule has 8 heteroatoms. The van der Waals surface area contributed by atoms with E-state index >= 15 is 0 Å². The Bertz CT molecular complexity index is 932. The largest absolute Gasteiger partial charge is 0.331 e. The van der Waals surface area contributed by atoms with Crippen molar-refractivity contribution >= 4 is 23.7 Å². The molecule has 0 radical (unpaired) electrons. The number of aliphatic imine (C=N–C) groups is 1. The molecule has 1 saturated heterocycles. The van der Waals surface area contributed by atoms with Gasteiger partial charge in [0.1, 0.15) is 11.7 Å². The zero-order valence-corrected chi connectivity index (χ0v) is 15.3. The van der Waals surface area contributed by atoms with E-state index in [4.69, 9.17) is 5.41 Å². The molecular formula is C19H21FN6O. The number of aromatic nitrogens is 2. The second-order valence-corrected chi connectivity index (χ2v) is 6.17. The molecule has 140 valence electrons. The van der Waals surface area contributed by atoms with E-state index in [1.54, 1.807) is 23.0 Å². The predicted octanol–water partition coefficient (Wildman–Crippen LogP) is 2.01. The third-order valence-corrected chi connectivity index (χ3v) is 4.50. The number of nitrogens with zero attached hydrogens (tertiary/aromatic N) is 5. The smallest absolute Gasteiger partial charge is 0.254 e. The number of hydrogen-bond acceptors (Lipinski definition) is 4. The van der Waals surface area contributed by atoms with Gasteiger partial charge in [-0.25, -0.2) is 9.37 Å². The topological polar surface area (TPSA) is 77.6 Å². The van der Waals surface area contributed by atoms with E-state index in [9.17, 15) is 9.18 Å². The van der Waals surface area contributed by atoms with E-state index in [0.29, 0.717) is 35.9 Å². The fraction of sp³-hybridized carbons (Fsp3) is 0.263. The van der Waals surface area contributed by atoms with Crippen LogP contribution in [-0.4, -0.2) is 63.6 Å². The third kappa shape index (κ3) is 3.51. The van der Waals surface area contributed by atoms with Crippen molar-refractivity contribution in [1.29, 1.82) is 5.41 Å². The summed E-state index contributed by atoms with van der Waals surface area (Å²) >= 11 is 0. The Morgan fingerprint density at radius 3 is 2.78 bits per heavy atom. The van der Waals surface area contributed by atoms with Gasteiger partial charge in [-0.15, -0.1) is 0 Å². The summed E-state index contributed by atoms with van der Waals surface area (Å²) in [5, 5.41) is 8.41. The number of imidazole rings is 1. The summed E-state index contributed by atoms with van der Waals surface area (Å²) in [4.78, 5) is 24.8. The molecule has 0 saturated carbocycles. The fourth-order valence-electron chi connectivity index (χ4n) is 3.10. The molecule has 1 N–H and O–H groups in total. The van der Waals surface area contributed by atoms with Crippen LogP contribution in [0, 0.1) is 11.2 Å². The molecule has 2 heterocycles. The number of carbonyl (C=O) groups is 1. The predicted molar refractivity (Wildman–Crippen MR) is 102 cm³/mol. The first-order chi connectivity index (χ1) is 13.0. The summed E-state index contributed by atoms with van der Waals surface area (Å²) in [6.45, 7) is 4.62. The van der Waals surface area contributed by atoms with E-state index in [0.717, 1.165) is 0 Å². The molecule has 1 amide bonds. The highest BCUT2D eigenvalue weighted by Crippen LogP contribution is 2.18. The van der Waals surface area contributed by atoms with Crippen LogP contribution in [0.25, 0.3) is 6.08 Å². The van der Waals surface area contributed by atoms with Gasteiger partial charge in [0.2, 0.25) is 0 Å². The Hall–Kier alpha value is -3.29. The van der Waals surface area contributed by atoms with Crippen molar-refractivity contribution in [3.05, 3.63) is 59.9 Å². The van der Waals surface area contributed by atoms with Crippen LogP contribution in [0.2, 0.25) is 0 Å². The highest BCUT2D eigenvalue weighted by molar-refractivity contribution is 6.09. The molecular weight excluding hydrogens is 347 g/mol. The zero-order chi connectivity index (χ0) is 19.6. The van der Waals surface area contributed by atoms with Crippen LogP contribution in [0.5, 0.6) is 0 Å². The van der Waals surface area contributed by atoms with Crippen LogP contribution >= 0.6 is 0 Å². The second kappa shape index (κ2) is 7.53. The maximum atomic E-state index is 13.4. The van der Waals surface area contributed by atoms with Gasteiger partial charge < -0.3 is 14.4 Å². The van der Waals surface area contributed by atoms with E-state index < -0.39 is 5.82 Å². The summed E-state index contributed by atoms with van der Waals surface area (Å²) in [6.07, 6.45) is 4.95. The van der Waals surface area contributed by atoms with Crippen molar-refractivity contribution in [2.45, 2.75) is 0 Å². The molecule has 1 fully saturated rings. The van der Waals surface area contributed by atoms with Gasteiger partial charge in [0, 0.05) is 45.1 Å². The van der Waals surface area contributed by atoms with Crippen LogP contribution in [0.1, 0.15) is 21.7 Å². The lowest BCUT2D eigenvalue weighted by molar-refractivity contribution is 0.0757. The molecule has 2 aromatic rings. The monoisotopic (exact) mass is 368 g/mol. The van der Waals surface area contributed by atoms with Crippen molar-refractivity contribution in [3.8, 4) is 0 Å². The number of amidine groups is 2. The van der Waals surface area contributed by atoms with Gasteiger partial charge >= 0.3 is 0 Å². The number of carbonyl (C=O) groups excluding carboxylic acids is 1. The Kier molecular flexibility index (Phi) is 5.16. The van der Waals surface area contributed by atoms with Crippen molar-refractivity contribution in [1.82, 2.24) is 19.4 Å². The number of nitrogens with one attached hydrogen (secondary N) is 1. The second-order valence-electron chi connectivity index (χ2n) is 6.17. The number of benzene rings is 1. The van der Waals surface area contributed by atoms with E-state index in [-0.39, 0.29) is 18.3 Å². The molecule has 3 rings (SSSR count). The lowest BCUT2D eigenvalue weighted by Crippen LogP contribution is -2.54. The molecule has 0 unspecified atom stereocenters. The first-order valence-corrected chi connectivity index (χ1v) is 8.47. The average molecular weight is 368 g/mol. The molecule has 0 atom stereocenters. The van der Waals surface area contributed by atoms with Gasteiger partial charge in [-0.1, -0.05) is 12.7 Å². The fourth-order valence-corrected chi connectivity index (χ4v) is 3.10. The molecule has 0 aliphatic carbocycles. The van der Waals surface area contributed by atoms with Crippen LogP contribution < -0.4 is 0 Å². The summed E-state index contributed by atoms with van der Waals surface area (Å²) in [5.41, 5.74) is 0.818. The van der Waals surface area contributed by atoms with Crippen LogP contribution in [0.3, 0.4) is 0 Å². The van der Waals surface area contributed by atoms with E-state index in [1.165, 1.54) is 24.3 Å². The lowest BCUT2D eigenvalue weighted by Gasteiger charge is -2.36. The maximum Gasteiger partial charge on any atom is 0.254 e. The first kappa shape index (κ1) is 18.5. The highest BCUT2D eigenvalue weighted by Gasteiger charge is 2.30. The van der Waals surface area contributed by atoms with Gasteiger partial charge in [-0.2, -0.15) is 0 Å². The number of halogens is 1. The normalized spacial score (nSPS) is 15.2. The van der Waals surface area contributed by atoms with Gasteiger partial charge in [-0.3, -0.25) is 15.2 Å². The summed E-state index contributed by atoms with van der Waals surface area (Å²) in [7, 11) is 3.52. The van der Waals surface area contributed by atoms with Crippen molar-refractivity contribution in [3.63, 3.8) is 0 Å². The van der Waals surface area contributed by atoms with Crippen molar-refractivity contribution in [2.75, 3.05) is 26.7 Å². The third-order valence-electron chi connectivity index (χ3n) is 4.50. The number of amides is 1. The number of aryl methyl sites for hydroxylation is 1. The summed E-state index contributed by atoms with van der Waals surface area (Å²) in [6, 6.07) is 3.99. The van der Waals surface area contributed by atoms with Crippen molar-refractivity contribution < 1.29 is 9.18 Å². The number of rotatable bonds is 3. The minimum absolute atomic E-state index is 0.135. The van der Waals surface area contributed by atoms with Gasteiger partial charge in [0.15, 0.2) is 11.7 Å². The highest BCUT2D eigenvalue weighted by atomic mass is 19.1. The minimum atomic E-state index is -0.419. The van der Waals surface area contributed by atoms with Crippen molar-refractivity contribution in [2.24, 2.45) is 12.0 Å². The van der Waals surface area contributed by atoms with Gasteiger partial charge in [-0.05, 0) is 23.8 Å². The van der Waals surface area contributed by atoms with Crippen LogP contribution in [0.15, 0.2) is 42.2 Å². The standard InChI is InChI=1S/C19H21FN6O/c1-4-13-11-14(20)5-6-15(13)19(27)25-9-10-26(16(21)12-25)17(22-2)18-23-7-8-24(18)3/h4-8,11,21H,1,9-10,12H2,2-3H3. The zero-order valence-electron chi connectivity index (χ0n) is 15.3. The number of piperazine rings is 1. The summed E-state index contributed by atoms with van der Waals surface area (Å²) in [5.74, 6) is 0.835.